The minimum absolute atomic E-state index is 0.280. The maximum absolute atomic E-state index is 10.4. The standard InChI is InChI=1S/C10H19BrO3/c11-9(10(13)14)7-5-3-1-2-4-6-8-12/h9,12H,1-8H2,(H,13,14). The third kappa shape index (κ3) is 8.51. The van der Waals surface area contributed by atoms with Crippen molar-refractivity contribution in [3.8, 4) is 0 Å². The van der Waals surface area contributed by atoms with Crippen molar-refractivity contribution in [2.24, 2.45) is 0 Å². The van der Waals surface area contributed by atoms with E-state index in [0.29, 0.717) is 6.42 Å². The summed E-state index contributed by atoms with van der Waals surface area (Å²) in [5.41, 5.74) is 0. The monoisotopic (exact) mass is 266 g/mol. The van der Waals surface area contributed by atoms with Gasteiger partial charge in [-0.05, 0) is 12.8 Å². The van der Waals surface area contributed by atoms with Crippen molar-refractivity contribution in [1.29, 1.82) is 0 Å². The molecule has 0 bridgehead atoms. The lowest BCUT2D eigenvalue weighted by Crippen LogP contribution is -2.11. The largest absolute Gasteiger partial charge is 0.480 e. The molecule has 0 aromatic carbocycles. The van der Waals surface area contributed by atoms with Crippen LogP contribution in [0, 0.1) is 0 Å². The molecule has 0 aromatic rings. The molecule has 0 rings (SSSR count). The van der Waals surface area contributed by atoms with Crippen LogP contribution in [0.5, 0.6) is 0 Å². The molecular formula is C10H19BrO3. The first kappa shape index (κ1) is 13.9. The Kier molecular flexibility index (Phi) is 9.40. The lowest BCUT2D eigenvalue weighted by Gasteiger charge is -2.03. The van der Waals surface area contributed by atoms with Crippen molar-refractivity contribution in [3.05, 3.63) is 0 Å². The molecule has 0 radical (unpaired) electrons. The van der Waals surface area contributed by atoms with Crippen LogP contribution >= 0.6 is 15.9 Å². The zero-order valence-corrected chi connectivity index (χ0v) is 10.0. The molecule has 1 unspecified atom stereocenters. The summed E-state index contributed by atoms with van der Waals surface area (Å²) in [7, 11) is 0. The van der Waals surface area contributed by atoms with E-state index in [1.165, 1.54) is 0 Å². The van der Waals surface area contributed by atoms with Crippen molar-refractivity contribution >= 4 is 21.9 Å². The number of halogens is 1. The van der Waals surface area contributed by atoms with Gasteiger partial charge in [0.05, 0.1) is 0 Å². The third-order valence-electron chi connectivity index (χ3n) is 2.13. The predicted molar refractivity (Wildman–Crippen MR) is 59.8 cm³/mol. The van der Waals surface area contributed by atoms with Gasteiger partial charge in [-0.15, -0.1) is 0 Å². The molecule has 2 N–H and O–H groups in total. The van der Waals surface area contributed by atoms with E-state index in [0.717, 1.165) is 38.5 Å². The van der Waals surface area contributed by atoms with Gasteiger partial charge in [-0.2, -0.15) is 0 Å². The van der Waals surface area contributed by atoms with Gasteiger partial charge in [0.1, 0.15) is 4.83 Å². The molecule has 0 saturated carbocycles. The van der Waals surface area contributed by atoms with E-state index in [9.17, 15) is 4.79 Å². The number of aliphatic hydroxyl groups excluding tert-OH is 1. The maximum Gasteiger partial charge on any atom is 0.317 e. The van der Waals surface area contributed by atoms with Crippen LogP contribution in [0.15, 0.2) is 0 Å². The quantitative estimate of drug-likeness (QED) is 0.498. The van der Waals surface area contributed by atoms with Gasteiger partial charge in [0.15, 0.2) is 0 Å². The zero-order chi connectivity index (χ0) is 10.8. The van der Waals surface area contributed by atoms with Gasteiger partial charge < -0.3 is 10.2 Å². The molecule has 1 atom stereocenters. The summed E-state index contributed by atoms with van der Waals surface area (Å²) in [4.78, 5) is 10.0. The van der Waals surface area contributed by atoms with Crippen LogP contribution in [0.1, 0.15) is 44.9 Å². The van der Waals surface area contributed by atoms with Gasteiger partial charge in [0.25, 0.3) is 0 Å². The van der Waals surface area contributed by atoms with Gasteiger partial charge >= 0.3 is 5.97 Å². The van der Waals surface area contributed by atoms with Crippen LogP contribution < -0.4 is 0 Å². The summed E-state index contributed by atoms with van der Waals surface area (Å²) in [5.74, 6) is -0.773. The molecule has 0 heterocycles. The predicted octanol–water partition coefficient (Wildman–Crippen LogP) is 2.56. The number of hydrogen-bond acceptors (Lipinski definition) is 2. The van der Waals surface area contributed by atoms with Crippen LogP contribution in [-0.2, 0) is 4.79 Å². The van der Waals surface area contributed by atoms with Crippen molar-refractivity contribution in [3.63, 3.8) is 0 Å². The lowest BCUT2D eigenvalue weighted by molar-refractivity contribution is -0.136. The van der Waals surface area contributed by atoms with E-state index in [1.54, 1.807) is 0 Å². The lowest BCUT2D eigenvalue weighted by atomic mass is 10.1. The smallest absolute Gasteiger partial charge is 0.317 e. The summed E-state index contributed by atoms with van der Waals surface area (Å²) in [6.45, 7) is 0.280. The maximum atomic E-state index is 10.4. The van der Waals surface area contributed by atoms with Crippen molar-refractivity contribution < 1.29 is 15.0 Å². The number of rotatable bonds is 9. The number of carboxylic acid groups (broad SMARTS) is 1. The first-order valence-electron chi connectivity index (χ1n) is 5.16. The zero-order valence-electron chi connectivity index (χ0n) is 8.41. The summed E-state index contributed by atoms with van der Waals surface area (Å²) in [6, 6.07) is 0. The Morgan fingerprint density at radius 1 is 1.07 bits per heavy atom. The molecule has 0 amide bonds. The Labute approximate surface area is 93.6 Å². The van der Waals surface area contributed by atoms with Crippen molar-refractivity contribution in [1.82, 2.24) is 0 Å². The highest BCUT2D eigenvalue weighted by atomic mass is 79.9. The summed E-state index contributed by atoms with van der Waals surface area (Å²) in [6.07, 6.45) is 6.99. The normalized spacial score (nSPS) is 12.7. The second-order valence-corrected chi connectivity index (χ2v) is 4.54. The molecule has 0 aromatic heterocycles. The second-order valence-electron chi connectivity index (χ2n) is 3.44. The number of carboxylic acids is 1. The van der Waals surface area contributed by atoms with E-state index >= 15 is 0 Å². The van der Waals surface area contributed by atoms with Crippen LogP contribution in [0.3, 0.4) is 0 Å². The topological polar surface area (TPSA) is 57.5 Å². The molecule has 0 fully saturated rings. The molecule has 14 heavy (non-hydrogen) atoms. The minimum atomic E-state index is -0.773. The molecule has 84 valence electrons. The molecule has 0 aliphatic rings. The van der Waals surface area contributed by atoms with Crippen molar-refractivity contribution in [2.75, 3.05) is 6.61 Å². The van der Waals surface area contributed by atoms with Gasteiger partial charge in [0.2, 0.25) is 0 Å². The highest BCUT2D eigenvalue weighted by Crippen LogP contribution is 2.13. The van der Waals surface area contributed by atoms with E-state index in [4.69, 9.17) is 10.2 Å². The van der Waals surface area contributed by atoms with Gasteiger partial charge in [-0.1, -0.05) is 48.0 Å². The number of unbranched alkanes of at least 4 members (excludes halogenated alkanes) is 5. The summed E-state index contributed by atoms with van der Waals surface area (Å²) in [5, 5.41) is 17.1. The fraction of sp³-hybridized carbons (Fsp3) is 0.900. The number of aliphatic carboxylic acids is 1. The number of aliphatic hydroxyl groups is 1. The molecule has 0 saturated heterocycles. The Bertz CT molecular complexity index is 150. The number of alkyl halides is 1. The van der Waals surface area contributed by atoms with E-state index < -0.39 is 5.97 Å². The molecule has 3 nitrogen and oxygen atoms in total. The minimum Gasteiger partial charge on any atom is -0.480 e. The highest BCUT2D eigenvalue weighted by molar-refractivity contribution is 9.10. The first-order chi connectivity index (χ1) is 6.68. The van der Waals surface area contributed by atoms with Gasteiger partial charge in [-0.3, -0.25) is 4.79 Å². The Morgan fingerprint density at radius 3 is 2.07 bits per heavy atom. The fourth-order valence-electron chi connectivity index (χ4n) is 1.27. The van der Waals surface area contributed by atoms with Gasteiger partial charge in [-0.25, -0.2) is 0 Å². The third-order valence-corrected chi connectivity index (χ3v) is 2.98. The molecule has 0 aliphatic carbocycles. The van der Waals surface area contributed by atoms with Gasteiger partial charge in [0, 0.05) is 6.61 Å². The average molecular weight is 267 g/mol. The van der Waals surface area contributed by atoms with E-state index in [-0.39, 0.29) is 11.4 Å². The fourth-order valence-corrected chi connectivity index (χ4v) is 1.59. The van der Waals surface area contributed by atoms with Crippen molar-refractivity contribution in [2.45, 2.75) is 49.8 Å². The molecular weight excluding hydrogens is 248 g/mol. The van der Waals surface area contributed by atoms with E-state index in [2.05, 4.69) is 15.9 Å². The molecule has 0 spiro atoms. The van der Waals surface area contributed by atoms with Crippen LogP contribution in [-0.4, -0.2) is 27.6 Å². The Morgan fingerprint density at radius 2 is 1.57 bits per heavy atom. The summed E-state index contributed by atoms with van der Waals surface area (Å²) >= 11 is 3.10. The van der Waals surface area contributed by atoms with Crippen LogP contribution in [0.25, 0.3) is 0 Å². The molecule has 0 aliphatic heterocycles. The van der Waals surface area contributed by atoms with Crippen LogP contribution in [0.2, 0.25) is 0 Å². The SMILES string of the molecule is O=C(O)C(Br)CCCCCCCCO. The summed E-state index contributed by atoms with van der Waals surface area (Å²) < 4.78 is 0. The highest BCUT2D eigenvalue weighted by Gasteiger charge is 2.11. The first-order valence-corrected chi connectivity index (χ1v) is 6.07. The Balaban J connectivity index is 3.09. The second kappa shape index (κ2) is 9.46. The average Bonchev–Trinajstić information content (AvgIpc) is 2.16. The van der Waals surface area contributed by atoms with E-state index in [1.807, 2.05) is 0 Å². The number of carbonyl (C=O) groups is 1. The van der Waals surface area contributed by atoms with Crippen LogP contribution in [0.4, 0.5) is 0 Å². The Hall–Kier alpha value is -0.0900. The molecule has 4 heteroatoms. The number of hydrogen-bond donors (Lipinski definition) is 2.